The molecule has 0 fully saturated rings. The van der Waals surface area contributed by atoms with Crippen molar-refractivity contribution in [3.63, 3.8) is 0 Å². The highest BCUT2D eigenvalue weighted by molar-refractivity contribution is 5.77. The lowest BCUT2D eigenvalue weighted by atomic mass is 10.6. The molecule has 1 amide bonds. The molecule has 0 aromatic carbocycles. The van der Waals surface area contributed by atoms with Crippen LogP contribution in [0.15, 0.2) is 12.4 Å². The van der Waals surface area contributed by atoms with Crippen LogP contribution in [-0.2, 0) is 4.79 Å². The van der Waals surface area contributed by atoms with Gasteiger partial charge in [0, 0.05) is 12.4 Å². The third-order valence-electron chi connectivity index (χ3n) is 0.484. The van der Waals surface area contributed by atoms with E-state index in [4.69, 9.17) is 10.8 Å². The number of aliphatic hydroxyl groups is 1. The van der Waals surface area contributed by atoms with E-state index in [0.717, 1.165) is 0 Å². The Morgan fingerprint density at radius 2 is 2.50 bits per heavy atom. The van der Waals surface area contributed by atoms with E-state index in [1.165, 1.54) is 12.4 Å². The van der Waals surface area contributed by atoms with Gasteiger partial charge in [-0.25, -0.2) is 0 Å². The van der Waals surface area contributed by atoms with E-state index < -0.39 is 12.5 Å². The Balaban J connectivity index is 3.25. The molecule has 0 aromatic rings. The highest BCUT2D eigenvalue weighted by Gasteiger charge is 1.89. The average molecular weight is 116 g/mol. The summed E-state index contributed by atoms with van der Waals surface area (Å²) in [5.41, 5.74) is 4.85. The smallest absolute Gasteiger partial charge is 0.249 e. The molecule has 46 valence electrons. The summed E-state index contributed by atoms with van der Waals surface area (Å²) in [7, 11) is 0. The molecule has 4 N–H and O–H groups in total. The number of nitrogens with two attached hydrogens (primary N) is 1. The maximum absolute atomic E-state index is 10.1. The maximum atomic E-state index is 10.1. The fourth-order valence-corrected chi connectivity index (χ4v) is 0.187. The molecule has 0 rings (SSSR count). The second-order valence-electron chi connectivity index (χ2n) is 1.08. The molecule has 0 saturated carbocycles. The summed E-state index contributed by atoms with van der Waals surface area (Å²) in [5, 5.41) is 10.3. The molecule has 0 atom stereocenters. The van der Waals surface area contributed by atoms with E-state index in [9.17, 15) is 4.79 Å². The quantitative estimate of drug-likeness (QED) is 0.412. The van der Waals surface area contributed by atoms with Crippen molar-refractivity contribution in [3.05, 3.63) is 12.4 Å². The normalized spacial score (nSPS) is 9.62. The Morgan fingerprint density at radius 1 is 1.88 bits per heavy atom. The summed E-state index contributed by atoms with van der Waals surface area (Å²) in [6.07, 6.45) is 2.42. The highest BCUT2D eigenvalue weighted by atomic mass is 16.3. The van der Waals surface area contributed by atoms with Gasteiger partial charge in [-0.1, -0.05) is 0 Å². The van der Waals surface area contributed by atoms with Gasteiger partial charge in [-0.3, -0.25) is 4.79 Å². The predicted molar refractivity (Wildman–Crippen MR) is 28.6 cm³/mol. The van der Waals surface area contributed by atoms with Gasteiger partial charge in [0.25, 0.3) is 0 Å². The Hall–Kier alpha value is -1.03. The molecule has 0 aromatic heterocycles. The molecule has 0 aliphatic rings. The predicted octanol–water partition coefficient (Wildman–Crippen LogP) is -1.48. The third kappa shape index (κ3) is 3.17. The summed E-state index contributed by atoms with van der Waals surface area (Å²) in [5.74, 6) is -0.466. The van der Waals surface area contributed by atoms with E-state index >= 15 is 0 Å². The van der Waals surface area contributed by atoms with Crippen LogP contribution >= 0.6 is 0 Å². The fraction of sp³-hybridized carbons (Fsp3) is 0.250. The van der Waals surface area contributed by atoms with Crippen LogP contribution in [0, 0.1) is 0 Å². The number of hydrogen-bond acceptors (Lipinski definition) is 3. The number of rotatable bonds is 2. The van der Waals surface area contributed by atoms with E-state index in [-0.39, 0.29) is 0 Å². The lowest BCUT2D eigenvalue weighted by Gasteiger charge is -1.90. The Bertz CT molecular complexity index is 100. The van der Waals surface area contributed by atoms with Crippen LogP contribution in [0.25, 0.3) is 0 Å². The lowest BCUT2D eigenvalue weighted by molar-refractivity contribution is -0.122. The van der Waals surface area contributed by atoms with Crippen molar-refractivity contribution in [3.8, 4) is 0 Å². The number of nitrogens with one attached hydrogen (secondary N) is 1. The van der Waals surface area contributed by atoms with Crippen LogP contribution in [0.3, 0.4) is 0 Å². The summed E-state index contributed by atoms with van der Waals surface area (Å²) in [6.45, 7) is -0.510. The van der Waals surface area contributed by atoms with Gasteiger partial charge in [-0.15, -0.1) is 0 Å². The molecule has 0 aliphatic carbocycles. The number of carbonyl (C=O) groups excluding carboxylic acids is 1. The minimum Gasteiger partial charge on any atom is -0.403 e. The molecule has 0 aliphatic heterocycles. The molecule has 4 heteroatoms. The molecule has 0 heterocycles. The standard InChI is InChI=1S/C4H8N2O2/c5-1-2-6-4(8)3-7/h1-2,7H,3,5H2,(H,6,8)/b2-1-. The zero-order chi connectivity index (χ0) is 6.41. The van der Waals surface area contributed by atoms with Crippen LogP contribution in [0.4, 0.5) is 0 Å². The van der Waals surface area contributed by atoms with E-state index in [2.05, 4.69) is 5.32 Å². The molecule has 8 heavy (non-hydrogen) atoms. The Morgan fingerprint density at radius 3 is 2.88 bits per heavy atom. The first-order valence-electron chi connectivity index (χ1n) is 2.08. The van der Waals surface area contributed by atoms with Gasteiger partial charge in [0.05, 0.1) is 0 Å². The topological polar surface area (TPSA) is 75.3 Å². The molecule has 4 nitrogen and oxygen atoms in total. The molecule has 0 unspecified atom stereocenters. The van der Waals surface area contributed by atoms with Crippen molar-refractivity contribution >= 4 is 5.91 Å². The molecule has 0 bridgehead atoms. The average Bonchev–Trinajstić information content (AvgIpc) is 1.83. The number of hydrogen-bond donors (Lipinski definition) is 3. The molecule has 0 spiro atoms. The lowest BCUT2D eigenvalue weighted by Crippen LogP contribution is -2.20. The van der Waals surface area contributed by atoms with Crippen molar-refractivity contribution in [1.29, 1.82) is 0 Å². The first kappa shape index (κ1) is 6.97. The molecule has 0 radical (unpaired) electrons. The van der Waals surface area contributed by atoms with Crippen LogP contribution in [0.5, 0.6) is 0 Å². The van der Waals surface area contributed by atoms with Crippen molar-refractivity contribution in [2.75, 3.05) is 6.61 Å². The molecular weight excluding hydrogens is 108 g/mol. The van der Waals surface area contributed by atoms with Gasteiger partial charge in [-0.2, -0.15) is 0 Å². The minimum absolute atomic E-state index is 0.466. The van der Waals surface area contributed by atoms with Crippen LogP contribution < -0.4 is 11.1 Å². The zero-order valence-corrected chi connectivity index (χ0v) is 4.29. The van der Waals surface area contributed by atoms with Crippen molar-refractivity contribution in [2.24, 2.45) is 5.73 Å². The number of amides is 1. The third-order valence-corrected chi connectivity index (χ3v) is 0.484. The van der Waals surface area contributed by atoms with Gasteiger partial charge in [0.2, 0.25) is 5.91 Å². The van der Waals surface area contributed by atoms with Gasteiger partial charge in [0.15, 0.2) is 0 Å². The van der Waals surface area contributed by atoms with Crippen LogP contribution in [0.2, 0.25) is 0 Å². The van der Waals surface area contributed by atoms with Gasteiger partial charge >= 0.3 is 0 Å². The van der Waals surface area contributed by atoms with Crippen LogP contribution in [0.1, 0.15) is 0 Å². The minimum atomic E-state index is -0.510. The van der Waals surface area contributed by atoms with Gasteiger partial charge in [-0.05, 0) is 0 Å². The van der Waals surface area contributed by atoms with E-state index in [1.54, 1.807) is 0 Å². The van der Waals surface area contributed by atoms with Crippen LogP contribution in [-0.4, -0.2) is 17.6 Å². The summed E-state index contributed by atoms with van der Waals surface area (Å²) < 4.78 is 0. The largest absolute Gasteiger partial charge is 0.403 e. The number of carbonyl (C=O) groups is 1. The fourth-order valence-electron chi connectivity index (χ4n) is 0.187. The monoisotopic (exact) mass is 116 g/mol. The Kier molecular flexibility index (Phi) is 3.60. The van der Waals surface area contributed by atoms with Crippen molar-refractivity contribution in [1.82, 2.24) is 5.32 Å². The van der Waals surface area contributed by atoms with Crippen molar-refractivity contribution < 1.29 is 9.90 Å². The number of aliphatic hydroxyl groups excluding tert-OH is 1. The highest BCUT2D eigenvalue weighted by Crippen LogP contribution is 1.60. The molecule has 0 saturated heterocycles. The van der Waals surface area contributed by atoms with Gasteiger partial charge < -0.3 is 16.2 Å². The second-order valence-corrected chi connectivity index (χ2v) is 1.08. The first-order chi connectivity index (χ1) is 3.81. The van der Waals surface area contributed by atoms with Gasteiger partial charge in [0.1, 0.15) is 6.61 Å². The van der Waals surface area contributed by atoms with E-state index in [0.29, 0.717) is 0 Å². The summed E-state index contributed by atoms with van der Waals surface area (Å²) in [6, 6.07) is 0. The maximum Gasteiger partial charge on any atom is 0.249 e. The summed E-state index contributed by atoms with van der Waals surface area (Å²) >= 11 is 0. The SMILES string of the molecule is N/C=C\NC(=O)CO. The zero-order valence-electron chi connectivity index (χ0n) is 4.29. The summed E-state index contributed by atoms with van der Waals surface area (Å²) in [4.78, 5) is 10.1. The Labute approximate surface area is 47.0 Å². The first-order valence-corrected chi connectivity index (χ1v) is 2.08. The second kappa shape index (κ2) is 4.14. The van der Waals surface area contributed by atoms with Crippen molar-refractivity contribution in [2.45, 2.75) is 0 Å². The molecular formula is C4H8N2O2. The van der Waals surface area contributed by atoms with E-state index in [1.807, 2.05) is 0 Å².